The Morgan fingerprint density at radius 3 is 1.71 bits per heavy atom. The minimum atomic E-state index is -1.66. The van der Waals surface area contributed by atoms with Crippen LogP contribution < -0.4 is 81.8 Å². The van der Waals surface area contributed by atoms with E-state index >= 15 is 0 Å². The van der Waals surface area contributed by atoms with Gasteiger partial charge < -0.3 is 92.0 Å². The molecule has 1 heterocycles. The van der Waals surface area contributed by atoms with Gasteiger partial charge in [-0.15, -0.1) is 0 Å². The molecule has 2 aromatic carbocycles. The molecular weight excluding hydrogens is 1060 g/mol. The van der Waals surface area contributed by atoms with Gasteiger partial charge in [0.05, 0.1) is 12.2 Å². The van der Waals surface area contributed by atoms with E-state index in [2.05, 4.69) is 53.2 Å². The molecule has 456 valence electrons. The van der Waals surface area contributed by atoms with Crippen LogP contribution >= 0.6 is 0 Å². The van der Waals surface area contributed by atoms with Crippen molar-refractivity contribution in [1.82, 2.24) is 53.2 Å². The molecule has 1 fully saturated rings. The zero-order chi connectivity index (χ0) is 61.1. The molecule has 3 rings (SSSR count). The first-order valence-electron chi connectivity index (χ1n) is 28.0. The molecule has 0 radical (unpaired) electrons. The lowest BCUT2D eigenvalue weighted by molar-refractivity contribution is -0.136. The van der Waals surface area contributed by atoms with Crippen molar-refractivity contribution in [3.8, 4) is 11.1 Å². The van der Waals surface area contributed by atoms with E-state index in [9.17, 15) is 58.2 Å². The van der Waals surface area contributed by atoms with Crippen LogP contribution in [-0.4, -0.2) is 175 Å². The molecule has 0 aromatic heterocycles. The largest absolute Gasteiger partial charge is 0.391 e. The number of hydrogen-bond donors (Lipinski definition) is 17. The lowest BCUT2D eigenvalue weighted by atomic mass is 9.92. The van der Waals surface area contributed by atoms with E-state index in [1.807, 2.05) is 54.6 Å². The number of aliphatic hydroxyl groups excluding tert-OH is 2. The first-order valence-corrected chi connectivity index (χ1v) is 28.0. The van der Waals surface area contributed by atoms with Gasteiger partial charge in [0.2, 0.25) is 59.1 Å². The minimum Gasteiger partial charge on any atom is -0.391 e. The molecule has 1 aliphatic rings. The van der Waals surface area contributed by atoms with Crippen LogP contribution in [0.1, 0.15) is 104 Å². The van der Waals surface area contributed by atoms with Gasteiger partial charge in [-0.25, -0.2) is 0 Å². The normalized spacial score (nSPS) is 22.9. The number of carbonyl (C=O) groups is 10. The maximum atomic E-state index is 14.4. The summed E-state index contributed by atoms with van der Waals surface area (Å²) in [6.07, 6.45) is -3.85. The van der Waals surface area contributed by atoms with Gasteiger partial charge in [-0.05, 0) is 121 Å². The Hall–Kier alpha value is -7.14. The second kappa shape index (κ2) is 35.7. The van der Waals surface area contributed by atoms with Crippen molar-refractivity contribution >= 4 is 59.1 Å². The molecule has 0 bridgehead atoms. The van der Waals surface area contributed by atoms with Crippen molar-refractivity contribution in [2.45, 2.75) is 165 Å². The molecule has 22 N–H and O–H groups in total. The van der Waals surface area contributed by atoms with E-state index in [1.165, 1.54) is 13.8 Å². The smallest absolute Gasteiger partial charge is 0.245 e. The summed E-state index contributed by atoms with van der Waals surface area (Å²) >= 11 is 0. The second-order valence-electron chi connectivity index (χ2n) is 20.8. The Bertz CT molecular complexity index is 2430. The third kappa shape index (κ3) is 22.3. The van der Waals surface area contributed by atoms with Gasteiger partial charge in [0.15, 0.2) is 0 Å². The molecule has 82 heavy (non-hydrogen) atoms. The molecule has 0 saturated carbocycles. The van der Waals surface area contributed by atoms with Crippen LogP contribution in [0.3, 0.4) is 0 Å². The molecule has 2 aromatic rings. The summed E-state index contributed by atoms with van der Waals surface area (Å²) in [5, 5.41) is 47.1. The third-order valence-electron chi connectivity index (χ3n) is 13.7. The number of aliphatic hydroxyl groups is 2. The summed E-state index contributed by atoms with van der Waals surface area (Å²) < 4.78 is 0. The van der Waals surface area contributed by atoms with Gasteiger partial charge in [-0.1, -0.05) is 75.4 Å². The number of nitrogens with one attached hydrogen (secondary N) is 10. The quantitative estimate of drug-likeness (QED) is 0.0473. The Labute approximate surface area is 479 Å². The van der Waals surface area contributed by atoms with Crippen molar-refractivity contribution in [3.63, 3.8) is 0 Å². The average molecular weight is 1150 g/mol. The fourth-order valence-electron chi connectivity index (χ4n) is 9.03. The Kier molecular flexibility index (Phi) is 30.1. The summed E-state index contributed by atoms with van der Waals surface area (Å²) in [5.41, 5.74) is 32.1. The third-order valence-corrected chi connectivity index (χ3v) is 13.7. The van der Waals surface area contributed by atoms with Gasteiger partial charge in [0, 0.05) is 18.9 Å². The maximum Gasteiger partial charge on any atom is 0.245 e. The van der Waals surface area contributed by atoms with Crippen LogP contribution in [0.25, 0.3) is 11.1 Å². The van der Waals surface area contributed by atoms with E-state index < -0.39 is 145 Å². The molecular formula is C55H89N15O12. The van der Waals surface area contributed by atoms with E-state index in [1.54, 1.807) is 20.8 Å². The zero-order valence-electron chi connectivity index (χ0n) is 47.7. The molecule has 27 heteroatoms. The van der Waals surface area contributed by atoms with Crippen LogP contribution in [0.5, 0.6) is 0 Å². The number of nitrogens with two attached hydrogens (primary N) is 5. The summed E-state index contributed by atoms with van der Waals surface area (Å²) in [4.78, 5) is 140. The second-order valence-corrected chi connectivity index (χ2v) is 20.8. The van der Waals surface area contributed by atoms with Crippen molar-refractivity contribution in [1.29, 1.82) is 0 Å². The highest BCUT2D eigenvalue weighted by Gasteiger charge is 2.37. The molecule has 0 aliphatic carbocycles. The average Bonchev–Trinajstić information content (AvgIpc) is 3.50. The zero-order valence-corrected chi connectivity index (χ0v) is 47.7. The summed E-state index contributed by atoms with van der Waals surface area (Å²) in [6, 6.07) is 4.07. The Morgan fingerprint density at radius 1 is 0.610 bits per heavy atom. The highest BCUT2D eigenvalue weighted by molar-refractivity contribution is 5.99. The lowest BCUT2D eigenvalue weighted by Crippen LogP contribution is -2.61. The standard InChI is InChI=1S/C55H89N15O12/c1-6-37-47(74)63-38(16-11-21-56)48(75)65-41(19-24-59)52(79)70-45(31(4)71)54(81)61-25-20-42(51(78)64-39(17-22-57)50(77)68-43(26-30(2)3)53(80)62-37)66-49(76)40(18-23-58)67-55(82)46(32(5)72)69-44(73)28-36(29-60)35-15-10-14-34(27-35)33-12-8-7-9-13-33/h7-10,12-15,27,30-32,36-43,45-46,71-72H,6,11,16-26,28-29,56-60H2,1-5H3,(H,61,81)(H,62,80)(H,63,74)(H,64,78)(H,65,75)(H,66,76)(H,67,82)(H,68,77)(H,69,73)(H,70,79)/t31-,32-,36-,37+,38+,39+,40+,41+,42+,43-,45+,46+/m1/s1. The van der Waals surface area contributed by atoms with Crippen molar-refractivity contribution < 1.29 is 58.2 Å². The topological polar surface area (TPSA) is 462 Å². The SMILES string of the molecule is CC[C@@H]1NC(=O)[C@@H](CC(C)C)NC(=O)[C@H](CCN)NC(=O)[C@@H](NC(=O)[C@H](CCN)NC(=O)[C@@H](NC(=O)C[C@H](CN)c2cccc(-c3ccccc3)c2)[C@@H](C)O)CCNC(=O)[C@H]([C@@H](C)O)NC(=O)[C@H](CCN)NC(=O)[C@H](CCCN)NC1=O. The van der Waals surface area contributed by atoms with Crippen LogP contribution in [0.4, 0.5) is 0 Å². The first-order chi connectivity index (χ1) is 39.0. The summed E-state index contributed by atoms with van der Waals surface area (Å²) in [6.45, 7) is 6.92. The van der Waals surface area contributed by atoms with Crippen LogP contribution in [0.2, 0.25) is 0 Å². The number of amides is 10. The number of benzene rings is 2. The van der Waals surface area contributed by atoms with Crippen molar-refractivity contribution in [2.24, 2.45) is 34.6 Å². The predicted octanol–water partition coefficient (Wildman–Crippen LogP) is -4.33. The van der Waals surface area contributed by atoms with Gasteiger partial charge in [-0.2, -0.15) is 0 Å². The molecule has 0 unspecified atom stereocenters. The van der Waals surface area contributed by atoms with Gasteiger partial charge in [-0.3, -0.25) is 47.9 Å². The number of hydrogen-bond acceptors (Lipinski definition) is 17. The summed E-state index contributed by atoms with van der Waals surface area (Å²) in [7, 11) is 0. The van der Waals surface area contributed by atoms with Crippen molar-refractivity contribution in [2.75, 3.05) is 39.3 Å². The molecule has 12 atom stereocenters. The van der Waals surface area contributed by atoms with E-state index in [-0.39, 0.29) is 90.0 Å². The van der Waals surface area contributed by atoms with Crippen LogP contribution in [0.15, 0.2) is 54.6 Å². The number of rotatable bonds is 24. The highest BCUT2D eigenvalue weighted by Crippen LogP contribution is 2.26. The minimum absolute atomic E-state index is 0.0185. The molecule has 27 nitrogen and oxygen atoms in total. The molecule has 10 amide bonds. The fraction of sp³-hybridized carbons (Fsp3) is 0.600. The summed E-state index contributed by atoms with van der Waals surface area (Å²) in [5.74, 6) is -9.43. The molecule has 1 aliphatic heterocycles. The fourth-order valence-corrected chi connectivity index (χ4v) is 9.03. The van der Waals surface area contributed by atoms with Crippen LogP contribution in [-0.2, 0) is 47.9 Å². The first kappa shape index (κ1) is 69.1. The van der Waals surface area contributed by atoms with Gasteiger partial charge >= 0.3 is 0 Å². The number of carbonyl (C=O) groups excluding carboxylic acids is 10. The van der Waals surface area contributed by atoms with Gasteiger partial charge in [0.1, 0.15) is 54.4 Å². The van der Waals surface area contributed by atoms with E-state index in [0.29, 0.717) is 0 Å². The highest BCUT2D eigenvalue weighted by atomic mass is 16.3. The van der Waals surface area contributed by atoms with Crippen molar-refractivity contribution in [3.05, 3.63) is 60.2 Å². The predicted molar refractivity (Wildman–Crippen MR) is 306 cm³/mol. The Morgan fingerprint density at radius 2 is 1.16 bits per heavy atom. The van der Waals surface area contributed by atoms with Crippen LogP contribution in [0, 0.1) is 5.92 Å². The Balaban J connectivity index is 2.00. The maximum absolute atomic E-state index is 14.4. The van der Waals surface area contributed by atoms with Gasteiger partial charge in [0.25, 0.3) is 0 Å². The molecule has 1 saturated heterocycles. The molecule has 0 spiro atoms. The van der Waals surface area contributed by atoms with E-state index in [0.717, 1.165) is 16.7 Å². The monoisotopic (exact) mass is 1150 g/mol. The van der Waals surface area contributed by atoms with E-state index in [4.69, 9.17) is 28.7 Å². The lowest BCUT2D eigenvalue weighted by Gasteiger charge is -2.28.